The van der Waals surface area contributed by atoms with Crippen LogP contribution < -0.4 is 10.8 Å². The van der Waals surface area contributed by atoms with Crippen LogP contribution in [0.25, 0.3) is 10.8 Å². The van der Waals surface area contributed by atoms with Crippen molar-refractivity contribution >= 4 is 32.5 Å². The number of fused-ring (bicyclic) bond motifs is 1. The van der Waals surface area contributed by atoms with E-state index in [-0.39, 0.29) is 11.6 Å². The lowest BCUT2D eigenvalue weighted by molar-refractivity contribution is 0.0706. The van der Waals surface area contributed by atoms with E-state index in [0.717, 1.165) is 23.6 Å². The summed E-state index contributed by atoms with van der Waals surface area (Å²) >= 11 is 0. The molecule has 31 heavy (non-hydrogen) atoms. The lowest BCUT2D eigenvalue weighted by Gasteiger charge is -2.21. The standard InChI is InChI=1S/C22H24N4O4S/c27-22(25-28)18-8-10-21(23-15-18)24-19-6-3-12-26(13-11-19)31(29,30)20-9-7-16-4-1-2-5-17(16)14-20/h1-2,4-5,7-10,14-15,19,28H,3,6,11-13H2,(H,23,24)(H,25,27). The van der Waals surface area contributed by atoms with E-state index in [2.05, 4.69) is 10.3 Å². The maximum atomic E-state index is 13.2. The number of carbonyl (C=O) groups is 1. The third kappa shape index (κ3) is 4.68. The number of rotatable bonds is 5. The number of carbonyl (C=O) groups excluding carboxylic acids is 1. The van der Waals surface area contributed by atoms with Gasteiger partial charge in [-0.15, -0.1) is 0 Å². The van der Waals surface area contributed by atoms with E-state index in [4.69, 9.17) is 5.21 Å². The largest absolute Gasteiger partial charge is 0.367 e. The number of nitrogens with one attached hydrogen (secondary N) is 2. The molecule has 1 aliphatic heterocycles. The number of sulfonamides is 1. The molecule has 1 saturated heterocycles. The molecule has 1 amide bonds. The van der Waals surface area contributed by atoms with Crippen molar-refractivity contribution in [3.05, 3.63) is 66.4 Å². The molecule has 2 heterocycles. The summed E-state index contributed by atoms with van der Waals surface area (Å²) in [5.41, 5.74) is 1.82. The van der Waals surface area contributed by atoms with E-state index in [1.807, 2.05) is 30.3 Å². The Bertz CT molecular complexity index is 1180. The molecule has 4 rings (SSSR count). The molecule has 2 aromatic carbocycles. The van der Waals surface area contributed by atoms with Gasteiger partial charge in [0.2, 0.25) is 10.0 Å². The molecule has 0 saturated carbocycles. The summed E-state index contributed by atoms with van der Waals surface area (Å²) < 4.78 is 28.0. The number of aromatic nitrogens is 1. The number of hydrogen-bond donors (Lipinski definition) is 3. The minimum atomic E-state index is -3.57. The second-order valence-corrected chi connectivity index (χ2v) is 9.50. The molecule has 1 aromatic heterocycles. The Morgan fingerprint density at radius 1 is 1.03 bits per heavy atom. The highest BCUT2D eigenvalue weighted by Crippen LogP contribution is 2.25. The molecule has 1 unspecified atom stereocenters. The van der Waals surface area contributed by atoms with Crippen molar-refractivity contribution in [2.45, 2.75) is 30.2 Å². The lowest BCUT2D eigenvalue weighted by atomic mass is 10.1. The Morgan fingerprint density at radius 2 is 1.84 bits per heavy atom. The van der Waals surface area contributed by atoms with Gasteiger partial charge in [0, 0.05) is 25.3 Å². The average molecular weight is 441 g/mol. The smallest absolute Gasteiger partial charge is 0.276 e. The van der Waals surface area contributed by atoms with Gasteiger partial charge in [0.1, 0.15) is 5.82 Å². The van der Waals surface area contributed by atoms with Crippen LogP contribution in [0.4, 0.5) is 5.82 Å². The predicted molar refractivity (Wildman–Crippen MR) is 117 cm³/mol. The number of amides is 1. The van der Waals surface area contributed by atoms with Crippen molar-refractivity contribution in [1.82, 2.24) is 14.8 Å². The monoisotopic (exact) mass is 440 g/mol. The second-order valence-electron chi connectivity index (χ2n) is 7.56. The normalized spacial score (nSPS) is 17.8. The van der Waals surface area contributed by atoms with Crippen molar-refractivity contribution in [3.63, 3.8) is 0 Å². The van der Waals surface area contributed by atoms with E-state index in [1.165, 1.54) is 6.20 Å². The van der Waals surface area contributed by atoms with E-state index < -0.39 is 15.9 Å². The second kappa shape index (κ2) is 9.01. The molecule has 1 aliphatic rings. The SMILES string of the molecule is O=C(NO)c1ccc(NC2CCCN(S(=O)(=O)c3ccc4ccccc4c3)CC2)nc1. The van der Waals surface area contributed by atoms with Crippen molar-refractivity contribution in [2.24, 2.45) is 0 Å². The van der Waals surface area contributed by atoms with E-state index >= 15 is 0 Å². The first-order chi connectivity index (χ1) is 15.0. The topological polar surface area (TPSA) is 112 Å². The van der Waals surface area contributed by atoms with E-state index in [0.29, 0.717) is 30.2 Å². The Morgan fingerprint density at radius 3 is 2.58 bits per heavy atom. The van der Waals surface area contributed by atoms with Gasteiger partial charge in [-0.25, -0.2) is 18.9 Å². The van der Waals surface area contributed by atoms with Gasteiger partial charge in [-0.2, -0.15) is 4.31 Å². The van der Waals surface area contributed by atoms with Gasteiger partial charge in [0.05, 0.1) is 10.5 Å². The van der Waals surface area contributed by atoms with Gasteiger partial charge >= 0.3 is 0 Å². The summed E-state index contributed by atoms with van der Waals surface area (Å²) in [6.45, 7) is 0.883. The average Bonchev–Trinajstić information content (AvgIpc) is 3.05. The molecule has 8 nitrogen and oxygen atoms in total. The highest BCUT2D eigenvalue weighted by molar-refractivity contribution is 7.89. The number of hydroxylamine groups is 1. The van der Waals surface area contributed by atoms with Crippen LogP contribution in [-0.4, -0.2) is 48.0 Å². The molecule has 162 valence electrons. The molecule has 3 N–H and O–H groups in total. The Kier molecular flexibility index (Phi) is 6.17. The minimum Gasteiger partial charge on any atom is -0.367 e. The molecular weight excluding hydrogens is 416 g/mol. The quantitative estimate of drug-likeness (QED) is 0.415. The third-order valence-corrected chi connectivity index (χ3v) is 7.42. The first-order valence-electron chi connectivity index (χ1n) is 10.1. The minimum absolute atomic E-state index is 0.0711. The number of anilines is 1. The molecule has 3 aromatic rings. The van der Waals surface area contributed by atoms with Gasteiger partial charge in [0.15, 0.2) is 0 Å². The van der Waals surface area contributed by atoms with Crippen LogP contribution in [0.5, 0.6) is 0 Å². The summed E-state index contributed by atoms with van der Waals surface area (Å²) in [5.74, 6) is -0.0200. The molecule has 0 aliphatic carbocycles. The predicted octanol–water partition coefficient (Wildman–Crippen LogP) is 3.01. The molecular formula is C22H24N4O4S. The van der Waals surface area contributed by atoms with E-state index in [1.54, 1.807) is 34.1 Å². The van der Waals surface area contributed by atoms with Crippen molar-refractivity contribution in [2.75, 3.05) is 18.4 Å². The Hall–Kier alpha value is -3.01. The molecule has 1 fully saturated rings. The fourth-order valence-corrected chi connectivity index (χ4v) is 5.35. The summed E-state index contributed by atoms with van der Waals surface area (Å²) in [6.07, 6.45) is 3.56. The molecule has 9 heteroatoms. The van der Waals surface area contributed by atoms with Crippen LogP contribution in [-0.2, 0) is 10.0 Å². The Balaban J connectivity index is 1.43. The lowest BCUT2D eigenvalue weighted by Crippen LogP contribution is -2.32. The summed E-state index contributed by atoms with van der Waals surface area (Å²) in [4.78, 5) is 15.9. The van der Waals surface area contributed by atoms with Gasteiger partial charge < -0.3 is 5.32 Å². The Labute approximate surface area is 180 Å². The van der Waals surface area contributed by atoms with Gasteiger partial charge in [0.25, 0.3) is 5.91 Å². The van der Waals surface area contributed by atoms with Crippen LogP contribution in [0.3, 0.4) is 0 Å². The van der Waals surface area contributed by atoms with Gasteiger partial charge in [-0.3, -0.25) is 10.0 Å². The molecule has 0 radical (unpaired) electrons. The molecule has 1 atom stereocenters. The van der Waals surface area contributed by atoms with Crippen LogP contribution in [0.15, 0.2) is 65.7 Å². The maximum absolute atomic E-state index is 13.2. The number of benzene rings is 2. The third-order valence-electron chi connectivity index (χ3n) is 5.52. The zero-order chi connectivity index (χ0) is 21.8. The molecule has 0 bridgehead atoms. The van der Waals surface area contributed by atoms with Crippen molar-refractivity contribution < 1.29 is 18.4 Å². The van der Waals surface area contributed by atoms with E-state index in [9.17, 15) is 13.2 Å². The number of nitrogens with zero attached hydrogens (tertiary/aromatic N) is 2. The molecule has 0 spiro atoms. The maximum Gasteiger partial charge on any atom is 0.276 e. The van der Waals surface area contributed by atoms with Crippen LogP contribution in [0.2, 0.25) is 0 Å². The highest BCUT2D eigenvalue weighted by atomic mass is 32.2. The van der Waals surface area contributed by atoms with Crippen molar-refractivity contribution in [1.29, 1.82) is 0 Å². The first kappa shape index (κ1) is 21.2. The van der Waals surface area contributed by atoms with Crippen LogP contribution in [0, 0.1) is 0 Å². The van der Waals surface area contributed by atoms with Crippen LogP contribution in [0.1, 0.15) is 29.6 Å². The summed E-state index contributed by atoms with van der Waals surface area (Å²) in [6, 6.07) is 16.3. The summed E-state index contributed by atoms with van der Waals surface area (Å²) in [5, 5.41) is 13.9. The van der Waals surface area contributed by atoms with Gasteiger partial charge in [-0.05, 0) is 54.3 Å². The van der Waals surface area contributed by atoms with Gasteiger partial charge in [-0.1, -0.05) is 30.3 Å². The zero-order valence-corrected chi connectivity index (χ0v) is 17.7. The van der Waals surface area contributed by atoms with Crippen molar-refractivity contribution in [3.8, 4) is 0 Å². The first-order valence-corrected chi connectivity index (χ1v) is 11.6. The highest BCUT2D eigenvalue weighted by Gasteiger charge is 2.28. The number of hydrogen-bond acceptors (Lipinski definition) is 6. The van der Waals surface area contributed by atoms with Crippen LogP contribution >= 0.6 is 0 Å². The summed E-state index contributed by atoms with van der Waals surface area (Å²) in [7, 11) is -3.57. The number of pyridine rings is 1. The zero-order valence-electron chi connectivity index (χ0n) is 16.9. The fourth-order valence-electron chi connectivity index (χ4n) is 3.82. The fraction of sp³-hybridized carbons (Fsp3) is 0.273.